The third-order valence-electron chi connectivity index (χ3n) is 4.55. The number of rotatable bonds is 5. The van der Waals surface area contributed by atoms with E-state index in [1.165, 1.54) is 11.3 Å². The number of furan rings is 1. The van der Waals surface area contributed by atoms with Crippen LogP contribution in [0.15, 0.2) is 22.8 Å². The molecule has 1 amide bonds. The number of nitrogens with zero attached hydrogens (tertiary/aromatic N) is 3. The minimum absolute atomic E-state index is 0.0169. The second kappa shape index (κ2) is 7.46. The third kappa shape index (κ3) is 4.03. The van der Waals surface area contributed by atoms with Crippen LogP contribution in [-0.4, -0.2) is 52.9 Å². The molecule has 3 rings (SSSR count). The lowest BCUT2D eigenvalue weighted by atomic mass is 10.2. The number of carbonyl (C=O) groups excluding carboxylic acids is 1. The Balaban J connectivity index is 1.49. The maximum absolute atomic E-state index is 12.5. The average molecular weight is 348 g/mol. The predicted octanol–water partition coefficient (Wildman–Crippen LogP) is 2.50. The summed E-state index contributed by atoms with van der Waals surface area (Å²) in [7, 11) is 0. The molecule has 6 nitrogen and oxygen atoms in total. The number of aryl methyl sites for hydroxylation is 2. The number of carbonyl (C=O) groups is 1. The van der Waals surface area contributed by atoms with Crippen molar-refractivity contribution in [3.8, 4) is 0 Å². The van der Waals surface area contributed by atoms with Crippen molar-refractivity contribution in [2.75, 3.05) is 31.5 Å². The summed E-state index contributed by atoms with van der Waals surface area (Å²) in [5.74, 6) is 1.01. The highest BCUT2D eigenvalue weighted by Gasteiger charge is 2.26. The van der Waals surface area contributed by atoms with Gasteiger partial charge >= 0.3 is 0 Å². The number of piperazine rings is 1. The molecule has 1 atom stereocenters. The van der Waals surface area contributed by atoms with Gasteiger partial charge in [-0.3, -0.25) is 14.6 Å². The number of aromatic nitrogens is 1. The molecule has 1 aliphatic heterocycles. The maximum Gasteiger partial charge on any atom is 0.243 e. The Hall–Kier alpha value is -1.70. The normalized spacial score (nSPS) is 17.8. The average Bonchev–Trinajstić information content (AvgIpc) is 3.18. The Morgan fingerprint density at radius 3 is 2.71 bits per heavy atom. The van der Waals surface area contributed by atoms with Gasteiger partial charge in [0.25, 0.3) is 0 Å². The lowest BCUT2D eigenvalue weighted by Crippen LogP contribution is -2.52. The van der Waals surface area contributed by atoms with E-state index in [1.54, 1.807) is 6.26 Å². The Bertz CT molecular complexity index is 655. The third-order valence-corrected chi connectivity index (χ3v) is 5.54. The number of thiazole rings is 1. The lowest BCUT2D eigenvalue weighted by molar-refractivity contribution is -0.121. The summed E-state index contributed by atoms with van der Waals surface area (Å²) in [6.07, 6.45) is 1.71. The zero-order valence-corrected chi connectivity index (χ0v) is 15.2. The van der Waals surface area contributed by atoms with Gasteiger partial charge in [0.05, 0.1) is 24.5 Å². The molecular weight excluding hydrogens is 324 g/mol. The van der Waals surface area contributed by atoms with Crippen LogP contribution in [0, 0.1) is 13.8 Å². The van der Waals surface area contributed by atoms with Crippen LogP contribution >= 0.6 is 11.3 Å². The minimum atomic E-state index is -0.153. The van der Waals surface area contributed by atoms with Crippen molar-refractivity contribution in [1.82, 2.24) is 14.8 Å². The molecular formula is C17H24N4O2S. The monoisotopic (exact) mass is 348 g/mol. The van der Waals surface area contributed by atoms with Crippen molar-refractivity contribution in [2.24, 2.45) is 0 Å². The molecule has 1 unspecified atom stereocenters. The van der Waals surface area contributed by atoms with Gasteiger partial charge in [-0.2, -0.15) is 0 Å². The van der Waals surface area contributed by atoms with Crippen LogP contribution in [0.3, 0.4) is 0 Å². The fourth-order valence-electron chi connectivity index (χ4n) is 2.83. The van der Waals surface area contributed by atoms with Gasteiger partial charge in [-0.15, -0.1) is 11.3 Å². The van der Waals surface area contributed by atoms with Crippen molar-refractivity contribution in [3.63, 3.8) is 0 Å². The van der Waals surface area contributed by atoms with E-state index in [-0.39, 0.29) is 11.9 Å². The molecule has 3 heterocycles. The second-order valence-electron chi connectivity index (χ2n) is 6.22. The molecule has 24 heavy (non-hydrogen) atoms. The van der Waals surface area contributed by atoms with Crippen molar-refractivity contribution in [2.45, 2.75) is 33.4 Å². The Morgan fingerprint density at radius 2 is 2.12 bits per heavy atom. The zero-order valence-electron chi connectivity index (χ0n) is 14.4. The molecule has 2 aromatic heterocycles. The van der Waals surface area contributed by atoms with Crippen molar-refractivity contribution in [3.05, 3.63) is 34.7 Å². The van der Waals surface area contributed by atoms with Crippen LogP contribution < -0.4 is 5.32 Å². The van der Waals surface area contributed by atoms with Crippen molar-refractivity contribution >= 4 is 22.4 Å². The first-order chi connectivity index (χ1) is 11.5. The standard InChI is InChI=1S/C17H24N4O2S/c1-12-14(3)24-17(18-12)19-16(22)13(2)21-8-6-20(7-9-21)11-15-5-4-10-23-15/h4-5,10,13H,6-9,11H2,1-3H3,(H,18,19,22). The summed E-state index contributed by atoms with van der Waals surface area (Å²) in [6.45, 7) is 10.4. The molecule has 0 aromatic carbocycles. The molecule has 7 heteroatoms. The second-order valence-corrected chi connectivity index (χ2v) is 7.42. The first-order valence-corrected chi connectivity index (χ1v) is 9.08. The number of anilines is 1. The number of hydrogen-bond donors (Lipinski definition) is 1. The van der Waals surface area contributed by atoms with Gasteiger partial charge in [-0.1, -0.05) is 0 Å². The van der Waals surface area contributed by atoms with E-state index in [2.05, 4.69) is 20.1 Å². The van der Waals surface area contributed by atoms with Crippen LogP contribution in [0.2, 0.25) is 0 Å². The summed E-state index contributed by atoms with van der Waals surface area (Å²) in [4.78, 5) is 22.6. The van der Waals surface area contributed by atoms with Crippen LogP contribution in [0.4, 0.5) is 5.13 Å². The highest BCUT2D eigenvalue weighted by molar-refractivity contribution is 7.15. The van der Waals surface area contributed by atoms with Gasteiger partial charge in [0, 0.05) is 31.1 Å². The van der Waals surface area contributed by atoms with Crippen LogP contribution in [0.5, 0.6) is 0 Å². The van der Waals surface area contributed by atoms with E-state index in [0.29, 0.717) is 5.13 Å². The molecule has 0 saturated carbocycles. The highest BCUT2D eigenvalue weighted by Crippen LogP contribution is 2.21. The van der Waals surface area contributed by atoms with E-state index in [4.69, 9.17) is 4.42 Å². The SMILES string of the molecule is Cc1nc(NC(=O)C(C)N2CCN(Cc3ccco3)CC2)sc1C. The maximum atomic E-state index is 12.5. The minimum Gasteiger partial charge on any atom is -0.468 e. The molecule has 0 spiro atoms. The largest absolute Gasteiger partial charge is 0.468 e. The van der Waals surface area contributed by atoms with Gasteiger partial charge < -0.3 is 9.73 Å². The number of nitrogens with one attached hydrogen (secondary N) is 1. The predicted molar refractivity (Wildman–Crippen MR) is 95.2 cm³/mol. The molecule has 0 radical (unpaired) electrons. The first kappa shape index (κ1) is 17.1. The zero-order chi connectivity index (χ0) is 17.1. The van der Waals surface area contributed by atoms with Gasteiger partial charge in [-0.25, -0.2) is 4.98 Å². The molecule has 0 bridgehead atoms. The Morgan fingerprint density at radius 1 is 1.38 bits per heavy atom. The van der Waals surface area contributed by atoms with Crippen LogP contribution in [0.1, 0.15) is 23.3 Å². The molecule has 1 aliphatic rings. The molecule has 0 aliphatic carbocycles. The summed E-state index contributed by atoms with van der Waals surface area (Å²) in [5.41, 5.74) is 0.981. The van der Waals surface area contributed by atoms with Crippen molar-refractivity contribution in [1.29, 1.82) is 0 Å². The quantitative estimate of drug-likeness (QED) is 0.899. The molecule has 130 valence electrons. The number of hydrogen-bond acceptors (Lipinski definition) is 6. The topological polar surface area (TPSA) is 61.6 Å². The molecule has 1 fully saturated rings. The summed E-state index contributed by atoms with van der Waals surface area (Å²) in [5, 5.41) is 3.64. The van der Waals surface area contributed by atoms with Crippen molar-refractivity contribution < 1.29 is 9.21 Å². The summed E-state index contributed by atoms with van der Waals surface area (Å²) >= 11 is 1.53. The van der Waals surface area contributed by atoms with Crippen LogP contribution in [-0.2, 0) is 11.3 Å². The lowest BCUT2D eigenvalue weighted by Gasteiger charge is -2.36. The smallest absolute Gasteiger partial charge is 0.243 e. The first-order valence-electron chi connectivity index (χ1n) is 8.26. The van der Waals surface area contributed by atoms with E-state index in [9.17, 15) is 4.79 Å². The molecule has 1 N–H and O–H groups in total. The van der Waals surface area contributed by atoms with E-state index < -0.39 is 0 Å². The van der Waals surface area contributed by atoms with Crippen LogP contribution in [0.25, 0.3) is 0 Å². The fraction of sp³-hybridized carbons (Fsp3) is 0.529. The van der Waals surface area contributed by atoms with E-state index in [0.717, 1.165) is 49.1 Å². The fourth-order valence-corrected chi connectivity index (χ4v) is 3.65. The molecule has 2 aromatic rings. The molecule has 1 saturated heterocycles. The van der Waals surface area contributed by atoms with Gasteiger partial charge in [0.15, 0.2) is 5.13 Å². The summed E-state index contributed by atoms with van der Waals surface area (Å²) in [6, 6.07) is 3.76. The van der Waals surface area contributed by atoms with E-state index >= 15 is 0 Å². The Labute approximate surface area is 146 Å². The van der Waals surface area contributed by atoms with Gasteiger partial charge in [0.1, 0.15) is 5.76 Å². The summed E-state index contributed by atoms with van der Waals surface area (Å²) < 4.78 is 5.40. The number of amides is 1. The van der Waals surface area contributed by atoms with E-state index in [1.807, 2.05) is 32.9 Å². The highest BCUT2D eigenvalue weighted by atomic mass is 32.1. The van der Waals surface area contributed by atoms with Gasteiger partial charge in [0.2, 0.25) is 5.91 Å². The Kier molecular flexibility index (Phi) is 5.33. The van der Waals surface area contributed by atoms with Gasteiger partial charge in [-0.05, 0) is 32.9 Å².